The fourth-order valence-electron chi connectivity index (χ4n) is 9.34. The standard InChI is InChI=1S/C48H64N6O10S/c1-10-30-21-29(4)13-11-12-14-32-25-48(32,44(57)52-65(60,61)47(8)19-20-47)51-41(55)39-24-35(27-53(39)43(56)40(30)54(45(58)59)46(5,6)7)64-42-36-17-15-33(62-9)22-31(36)23-38(50-42)37-18-16-34(26-49-37)63-28(2)3/h12,14-18,22-23,26,28-30,32,35,39-40H,10-11,13,19-21,24-25,27H2,1-9H3,(H,51,55)(H,52,57)(H,58,59)/t29-,30+,32+,35+,39-,40-,48+/m0/s1. The molecule has 4 heterocycles. The smallest absolute Gasteiger partial charge is 0.408 e. The van der Waals surface area contributed by atoms with Crippen molar-refractivity contribution in [2.75, 3.05) is 13.7 Å². The highest BCUT2D eigenvalue weighted by Crippen LogP contribution is 2.48. The predicted octanol–water partition coefficient (Wildman–Crippen LogP) is 6.86. The van der Waals surface area contributed by atoms with Crippen molar-refractivity contribution in [3.05, 3.63) is 54.7 Å². The maximum Gasteiger partial charge on any atom is 0.408 e. The second kappa shape index (κ2) is 18.1. The highest BCUT2D eigenvalue weighted by molar-refractivity contribution is 7.91. The summed E-state index contributed by atoms with van der Waals surface area (Å²) in [6, 6.07) is 8.50. The molecule has 3 aromatic rings. The topological polar surface area (TPSA) is 207 Å². The minimum atomic E-state index is -4.05. The summed E-state index contributed by atoms with van der Waals surface area (Å²) in [6.07, 6.45) is 6.62. The summed E-state index contributed by atoms with van der Waals surface area (Å²) in [6.45, 7) is 14.6. The largest absolute Gasteiger partial charge is 0.497 e. The first-order valence-corrected chi connectivity index (χ1v) is 24.2. The molecule has 0 radical (unpaired) electrons. The molecule has 17 heteroatoms. The van der Waals surface area contributed by atoms with Gasteiger partial charge in [-0.1, -0.05) is 32.4 Å². The molecule has 3 N–H and O–H groups in total. The Hall–Kier alpha value is -5.45. The van der Waals surface area contributed by atoms with Crippen LogP contribution < -0.4 is 24.2 Å². The molecular formula is C48H64N6O10S. The molecule has 16 nitrogen and oxygen atoms in total. The number of rotatable bonds is 11. The number of nitrogens with zero attached hydrogens (tertiary/aromatic N) is 4. The predicted molar refractivity (Wildman–Crippen MR) is 245 cm³/mol. The van der Waals surface area contributed by atoms with Gasteiger partial charge >= 0.3 is 6.09 Å². The molecule has 1 saturated heterocycles. The van der Waals surface area contributed by atoms with Crippen LogP contribution in [0.1, 0.15) is 107 Å². The number of ether oxygens (including phenoxy) is 3. The zero-order valence-corrected chi connectivity index (χ0v) is 39.7. The van der Waals surface area contributed by atoms with Crippen LogP contribution in [-0.4, -0.2) is 111 Å². The van der Waals surface area contributed by atoms with Crippen LogP contribution in [0.5, 0.6) is 17.4 Å². The maximum atomic E-state index is 15.5. The number of carbonyl (C=O) groups is 4. The summed E-state index contributed by atoms with van der Waals surface area (Å²) in [4.78, 5) is 70.0. The summed E-state index contributed by atoms with van der Waals surface area (Å²) < 4.78 is 46.1. The molecular weight excluding hydrogens is 853 g/mol. The lowest BCUT2D eigenvalue weighted by Crippen LogP contribution is -2.62. The second-order valence-electron chi connectivity index (χ2n) is 19.9. The van der Waals surface area contributed by atoms with Gasteiger partial charge < -0.3 is 29.5 Å². The molecule has 65 heavy (non-hydrogen) atoms. The Labute approximate surface area is 381 Å². The zero-order chi connectivity index (χ0) is 47.2. The molecule has 0 unspecified atom stereocenters. The number of carbonyl (C=O) groups excluding carboxylic acids is 3. The van der Waals surface area contributed by atoms with Gasteiger partial charge in [0.1, 0.15) is 35.2 Å². The van der Waals surface area contributed by atoms with Gasteiger partial charge in [-0.3, -0.25) is 29.0 Å². The Morgan fingerprint density at radius 1 is 1.08 bits per heavy atom. The van der Waals surface area contributed by atoms with Crippen molar-refractivity contribution >= 4 is 44.6 Å². The van der Waals surface area contributed by atoms with Crippen molar-refractivity contribution in [2.45, 2.75) is 147 Å². The van der Waals surface area contributed by atoms with Crippen molar-refractivity contribution in [3.63, 3.8) is 0 Å². The number of pyridine rings is 2. The minimum absolute atomic E-state index is 0.0440. The number of sulfonamides is 1. The van der Waals surface area contributed by atoms with E-state index in [-0.39, 0.29) is 37.3 Å². The van der Waals surface area contributed by atoms with Crippen LogP contribution in [0.25, 0.3) is 22.2 Å². The molecule has 2 aromatic heterocycles. The van der Waals surface area contributed by atoms with Crippen molar-refractivity contribution in [3.8, 4) is 28.8 Å². The molecule has 352 valence electrons. The van der Waals surface area contributed by atoms with Gasteiger partial charge in [0, 0.05) is 23.3 Å². The van der Waals surface area contributed by atoms with Crippen LogP contribution in [0.2, 0.25) is 0 Å². The first kappa shape index (κ1) is 47.5. The van der Waals surface area contributed by atoms with E-state index in [0.717, 1.165) is 11.8 Å². The Balaban J connectivity index is 1.30. The number of hydrogen-bond donors (Lipinski definition) is 3. The van der Waals surface area contributed by atoms with Crippen molar-refractivity contribution in [1.82, 2.24) is 29.8 Å². The van der Waals surface area contributed by atoms with Gasteiger partial charge in [-0.15, -0.1) is 0 Å². The molecule has 2 saturated carbocycles. The Morgan fingerprint density at radius 3 is 2.42 bits per heavy atom. The van der Waals surface area contributed by atoms with E-state index >= 15 is 4.79 Å². The van der Waals surface area contributed by atoms with Crippen molar-refractivity contribution in [2.24, 2.45) is 17.8 Å². The number of methoxy groups -OCH3 is 1. The Bertz CT molecular complexity index is 2450. The molecule has 2 aliphatic carbocycles. The van der Waals surface area contributed by atoms with E-state index in [4.69, 9.17) is 19.2 Å². The highest BCUT2D eigenvalue weighted by atomic mass is 32.2. The van der Waals surface area contributed by atoms with Crippen molar-refractivity contribution < 1.29 is 46.9 Å². The maximum absolute atomic E-state index is 15.5. The first-order valence-electron chi connectivity index (χ1n) is 22.8. The van der Waals surface area contributed by atoms with Crippen LogP contribution in [0.4, 0.5) is 4.79 Å². The normalized spacial score (nSPS) is 26.8. The number of benzene rings is 1. The highest BCUT2D eigenvalue weighted by Gasteiger charge is 2.63. The average molecular weight is 917 g/mol. The van der Waals surface area contributed by atoms with Gasteiger partial charge in [0.2, 0.25) is 27.7 Å². The summed E-state index contributed by atoms with van der Waals surface area (Å²) in [7, 11) is -2.49. The van der Waals surface area contributed by atoms with Gasteiger partial charge in [0.05, 0.1) is 42.1 Å². The number of aromatic nitrogens is 2. The molecule has 2 aliphatic heterocycles. The second-order valence-corrected chi connectivity index (χ2v) is 22.1. The number of carboxylic acid groups (broad SMARTS) is 1. The lowest BCUT2D eigenvalue weighted by atomic mass is 9.82. The van der Waals surface area contributed by atoms with Gasteiger partial charge in [-0.05, 0) is 134 Å². The summed E-state index contributed by atoms with van der Waals surface area (Å²) >= 11 is 0. The third kappa shape index (κ3) is 9.90. The molecule has 7 atom stereocenters. The summed E-state index contributed by atoms with van der Waals surface area (Å²) in [5.41, 5.74) is -1.58. The van der Waals surface area contributed by atoms with E-state index in [1.54, 1.807) is 59.2 Å². The molecule has 7 rings (SSSR count). The van der Waals surface area contributed by atoms with Crippen molar-refractivity contribution in [1.29, 1.82) is 0 Å². The average Bonchev–Trinajstić information content (AvgIpc) is 4.12. The molecule has 0 spiro atoms. The number of hydrogen-bond acceptors (Lipinski definition) is 11. The van der Waals surface area contributed by atoms with Gasteiger partial charge in [-0.2, -0.15) is 0 Å². The summed E-state index contributed by atoms with van der Waals surface area (Å²) in [5, 5.41) is 15.1. The monoisotopic (exact) mass is 916 g/mol. The molecule has 4 aliphatic rings. The Kier molecular flexibility index (Phi) is 13.2. The fraction of sp³-hybridized carbons (Fsp3) is 0.583. The van der Waals surface area contributed by atoms with E-state index in [0.29, 0.717) is 60.4 Å². The van der Waals surface area contributed by atoms with E-state index in [1.807, 2.05) is 51.1 Å². The van der Waals surface area contributed by atoms with Crippen LogP contribution in [-0.2, 0) is 24.4 Å². The Morgan fingerprint density at radius 2 is 1.80 bits per heavy atom. The molecule has 1 aromatic carbocycles. The van der Waals surface area contributed by atoms with Gasteiger partial charge in [0.25, 0.3) is 5.91 Å². The summed E-state index contributed by atoms with van der Waals surface area (Å²) in [5.74, 6) is -1.48. The van der Waals surface area contributed by atoms with Gasteiger partial charge in [0.15, 0.2) is 0 Å². The van der Waals surface area contributed by atoms with E-state index < -0.39 is 79.7 Å². The number of amides is 4. The molecule has 4 amide bonds. The number of fused-ring (bicyclic) bond motifs is 3. The third-order valence-electron chi connectivity index (χ3n) is 13.4. The van der Waals surface area contributed by atoms with E-state index in [2.05, 4.69) is 21.9 Å². The van der Waals surface area contributed by atoms with E-state index in [9.17, 15) is 27.9 Å². The minimum Gasteiger partial charge on any atom is -0.497 e. The molecule has 3 fully saturated rings. The lowest BCUT2D eigenvalue weighted by Gasteiger charge is -2.44. The van der Waals surface area contributed by atoms with Crippen LogP contribution in [0.3, 0.4) is 0 Å². The van der Waals surface area contributed by atoms with E-state index in [1.165, 1.54) is 9.80 Å². The first-order chi connectivity index (χ1) is 30.6. The van der Waals surface area contributed by atoms with Gasteiger partial charge in [-0.25, -0.2) is 18.2 Å². The van der Waals surface area contributed by atoms with Crippen LogP contribution >= 0.6 is 0 Å². The lowest BCUT2D eigenvalue weighted by molar-refractivity contribution is -0.146. The molecule has 0 bridgehead atoms. The number of allylic oxidation sites excluding steroid dienone is 1. The number of nitrogens with one attached hydrogen (secondary N) is 2. The fourth-order valence-corrected chi connectivity index (χ4v) is 10.6. The zero-order valence-electron chi connectivity index (χ0n) is 38.9. The van der Waals surface area contributed by atoms with Crippen LogP contribution in [0.15, 0.2) is 54.7 Å². The SMILES string of the molecule is CC[C@@H]1C[C@@H](C)CCC=C[C@@H]2C[C@@]2(C(=O)NS(=O)(=O)C2(C)CC2)NC(=O)[C@@H]2C[C@@H](Oc3nc(-c4ccc(OC(C)C)cn4)cc4cc(OC)ccc34)CN2C(=O)[C@H]1N(C(=O)O)C(C)(C)C. The quantitative estimate of drug-likeness (QED) is 0.169. The van der Waals surface area contributed by atoms with Crippen LogP contribution in [0, 0.1) is 17.8 Å². The third-order valence-corrected chi connectivity index (χ3v) is 15.6.